The Balaban J connectivity index is 2.84. The first kappa shape index (κ1) is 27.9. The highest BCUT2D eigenvalue weighted by molar-refractivity contribution is 5.94. The molecule has 11 nitrogen and oxygen atoms in total. The number of rotatable bonds is 12. The molecule has 3 amide bonds. The van der Waals surface area contributed by atoms with Crippen LogP contribution in [0.15, 0.2) is 24.3 Å². The summed E-state index contributed by atoms with van der Waals surface area (Å²) in [6.45, 7) is 5.40. The average molecular weight is 467 g/mol. The smallest absolute Gasteiger partial charge is 0.328 e. The maximum absolute atomic E-state index is 12.7. The number of nitrogens with one attached hydrogen (secondary N) is 3. The molecule has 1 aromatic carbocycles. The fourth-order valence-corrected chi connectivity index (χ4v) is 2.85. The summed E-state index contributed by atoms with van der Waals surface area (Å²) in [5, 5.41) is 35.4. The zero-order valence-corrected chi connectivity index (χ0v) is 19.3. The van der Waals surface area contributed by atoms with Gasteiger partial charge in [-0.15, -0.1) is 0 Å². The van der Waals surface area contributed by atoms with Gasteiger partial charge in [0, 0.05) is 0 Å². The Morgan fingerprint density at radius 1 is 1.03 bits per heavy atom. The van der Waals surface area contributed by atoms with Gasteiger partial charge in [0.25, 0.3) is 0 Å². The predicted octanol–water partition coefficient (Wildman–Crippen LogP) is -0.751. The molecule has 0 saturated heterocycles. The third-order valence-corrected chi connectivity index (χ3v) is 5.31. The van der Waals surface area contributed by atoms with Gasteiger partial charge in [0.1, 0.15) is 23.4 Å². The Kier molecular flexibility index (Phi) is 10.3. The van der Waals surface area contributed by atoms with Crippen molar-refractivity contribution in [2.24, 2.45) is 11.7 Å². The lowest BCUT2D eigenvalue weighted by molar-refractivity contribution is -0.146. The molecule has 0 aliphatic carbocycles. The molecule has 0 spiro atoms. The standard InChI is InChI=1S/C22H34N4O7/c1-5-12(2)17(20(31)26-22(3,4)21(32)33)25-19(30)16(11-27)24-18(29)15(23)10-13-6-8-14(28)9-7-13/h6-9,12,15-17,27-28H,5,10-11,23H2,1-4H3,(H,24,29)(H,25,30)(H,26,31)(H,32,33)/t12-,15-,16-,17-/m0/s1. The lowest BCUT2D eigenvalue weighted by Crippen LogP contribution is -2.61. The molecular weight excluding hydrogens is 432 g/mol. The number of aromatic hydroxyl groups is 1. The van der Waals surface area contributed by atoms with Crippen molar-refractivity contribution >= 4 is 23.7 Å². The summed E-state index contributed by atoms with van der Waals surface area (Å²) in [6, 6.07) is 2.64. The van der Waals surface area contributed by atoms with Crippen LogP contribution in [0.1, 0.15) is 39.7 Å². The van der Waals surface area contributed by atoms with Crippen LogP contribution in [0.25, 0.3) is 0 Å². The van der Waals surface area contributed by atoms with Crippen LogP contribution in [0.2, 0.25) is 0 Å². The number of hydrogen-bond donors (Lipinski definition) is 7. The van der Waals surface area contributed by atoms with Gasteiger partial charge in [-0.2, -0.15) is 0 Å². The van der Waals surface area contributed by atoms with Crippen molar-refractivity contribution in [2.75, 3.05) is 6.61 Å². The molecule has 0 unspecified atom stereocenters. The number of phenolic OH excluding ortho intramolecular Hbond substituents is 1. The van der Waals surface area contributed by atoms with Gasteiger partial charge in [-0.05, 0) is 43.9 Å². The van der Waals surface area contributed by atoms with Gasteiger partial charge in [0.2, 0.25) is 17.7 Å². The minimum atomic E-state index is -1.56. The summed E-state index contributed by atoms with van der Waals surface area (Å²) in [7, 11) is 0. The van der Waals surface area contributed by atoms with E-state index in [1.165, 1.54) is 26.0 Å². The van der Waals surface area contributed by atoms with Gasteiger partial charge in [0.15, 0.2) is 0 Å². The lowest BCUT2D eigenvalue weighted by atomic mass is 9.96. The van der Waals surface area contributed by atoms with Gasteiger partial charge in [-0.3, -0.25) is 14.4 Å². The summed E-state index contributed by atoms with van der Waals surface area (Å²) >= 11 is 0. The van der Waals surface area contributed by atoms with Crippen LogP contribution >= 0.6 is 0 Å². The maximum Gasteiger partial charge on any atom is 0.328 e. The number of phenols is 1. The first-order valence-electron chi connectivity index (χ1n) is 10.6. The number of aliphatic hydroxyl groups excluding tert-OH is 1. The molecule has 0 aliphatic heterocycles. The number of benzene rings is 1. The van der Waals surface area contributed by atoms with Crippen molar-refractivity contribution in [3.63, 3.8) is 0 Å². The highest BCUT2D eigenvalue weighted by atomic mass is 16.4. The Hall–Kier alpha value is -3.18. The fraction of sp³-hybridized carbons (Fsp3) is 0.545. The number of nitrogens with two attached hydrogens (primary N) is 1. The number of carboxylic acid groups (broad SMARTS) is 1. The van der Waals surface area contributed by atoms with E-state index in [0.29, 0.717) is 12.0 Å². The van der Waals surface area contributed by atoms with E-state index < -0.39 is 54.0 Å². The van der Waals surface area contributed by atoms with E-state index in [2.05, 4.69) is 16.0 Å². The van der Waals surface area contributed by atoms with Crippen molar-refractivity contribution in [2.45, 2.75) is 64.2 Å². The van der Waals surface area contributed by atoms with Crippen molar-refractivity contribution in [1.29, 1.82) is 0 Å². The monoisotopic (exact) mass is 466 g/mol. The Bertz CT molecular complexity index is 842. The summed E-state index contributed by atoms with van der Waals surface area (Å²) in [5.41, 5.74) is 5.03. The first-order chi connectivity index (χ1) is 15.3. The van der Waals surface area contributed by atoms with Crippen molar-refractivity contribution in [3.05, 3.63) is 29.8 Å². The van der Waals surface area contributed by atoms with Crippen molar-refractivity contribution in [1.82, 2.24) is 16.0 Å². The van der Waals surface area contributed by atoms with Crippen LogP contribution in [0.3, 0.4) is 0 Å². The van der Waals surface area contributed by atoms with Gasteiger partial charge < -0.3 is 37.0 Å². The molecule has 0 fully saturated rings. The number of carbonyl (C=O) groups is 4. The number of amides is 3. The molecule has 184 valence electrons. The SMILES string of the molecule is CC[C@H](C)[C@H](NC(=O)[C@H](CO)NC(=O)[C@@H](N)Cc1ccc(O)cc1)C(=O)NC(C)(C)C(=O)O. The number of hydrogen-bond acceptors (Lipinski definition) is 7. The summed E-state index contributed by atoms with van der Waals surface area (Å²) < 4.78 is 0. The largest absolute Gasteiger partial charge is 0.508 e. The molecule has 4 atom stereocenters. The quantitative estimate of drug-likeness (QED) is 0.209. The number of aliphatic hydroxyl groups is 1. The van der Waals surface area contributed by atoms with Gasteiger partial charge in [0.05, 0.1) is 12.6 Å². The topological polar surface area (TPSA) is 191 Å². The van der Waals surface area contributed by atoms with Crippen LogP contribution in [0.5, 0.6) is 5.75 Å². The molecule has 0 aliphatic rings. The molecule has 8 N–H and O–H groups in total. The number of carbonyl (C=O) groups excluding carboxylic acids is 3. The number of aliphatic carboxylic acids is 1. The van der Waals surface area contributed by atoms with E-state index in [1.807, 2.05) is 0 Å². The van der Waals surface area contributed by atoms with Gasteiger partial charge in [-0.25, -0.2) is 4.79 Å². The summed E-state index contributed by atoms with van der Waals surface area (Å²) in [5.74, 6) is -3.72. The van der Waals surface area contributed by atoms with Crippen LogP contribution in [-0.2, 0) is 25.6 Å². The summed E-state index contributed by atoms with van der Waals surface area (Å²) in [4.78, 5) is 49.2. The second kappa shape index (κ2) is 12.2. The third-order valence-electron chi connectivity index (χ3n) is 5.31. The minimum absolute atomic E-state index is 0.0698. The van der Waals surface area contributed by atoms with Gasteiger partial charge >= 0.3 is 5.97 Å². The molecule has 33 heavy (non-hydrogen) atoms. The van der Waals surface area contributed by atoms with Crippen LogP contribution < -0.4 is 21.7 Å². The molecular formula is C22H34N4O7. The average Bonchev–Trinajstić information content (AvgIpc) is 2.75. The van der Waals surface area contributed by atoms with Crippen LogP contribution in [0.4, 0.5) is 0 Å². The molecule has 0 radical (unpaired) electrons. The summed E-state index contributed by atoms with van der Waals surface area (Å²) in [6.07, 6.45) is 0.633. The molecule has 0 aromatic heterocycles. The van der Waals surface area contributed by atoms with E-state index in [4.69, 9.17) is 5.73 Å². The van der Waals surface area contributed by atoms with E-state index in [-0.39, 0.29) is 18.1 Å². The fourth-order valence-electron chi connectivity index (χ4n) is 2.85. The van der Waals surface area contributed by atoms with Crippen molar-refractivity contribution in [3.8, 4) is 5.75 Å². The molecule has 1 rings (SSSR count). The minimum Gasteiger partial charge on any atom is -0.508 e. The zero-order chi connectivity index (χ0) is 25.3. The molecule has 11 heteroatoms. The van der Waals surface area contributed by atoms with Crippen LogP contribution in [-0.4, -0.2) is 69.3 Å². The molecule has 0 bridgehead atoms. The van der Waals surface area contributed by atoms with E-state index >= 15 is 0 Å². The van der Waals surface area contributed by atoms with Gasteiger partial charge in [-0.1, -0.05) is 32.4 Å². The Labute approximate surface area is 192 Å². The second-order valence-corrected chi connectivity index (χ2v) is 8.51. The molecule has 0 saturated carbocycles. The highest BCUT2D eigenvalue weighted by Crippen LogP contribution is 2.12. The van der Waals surface area contributed by atoms with E-state index in [0.717, 1.165) is 0 Å². The second-order valence-electron chi connectivity index (χ2n) is 8.51. The Morgan fingerprint density at radius 2 is 1.61 bits per heavy atom. The van der Waals surface area contributed by atoms with Crippen molar-refractivity contribution < 1.29 is 34.5 Å². The predicted molar refractivity (Wildman–Crippen MR) is 120 cm³/mol. The molecule has 0 heterocycles. The highest BCUT2D eigenvalue weighted by Gasteiger charge is 2.35. The lowest BCUT2D eigenvalue weighted by Gasteiger charge is -2.29. The number of carboxylic acids is 1. The zero-order valence-electron chi connectivity index (χ0n) is 19.3. The normalized spacial score (nSPS) is 15.0. The third kappa shape index (κ3) is 8.35. The van der Waals surface area contributed by atoms with E-state index in [9.17, 15) is 34.5 Å². The van der Waals surface area contributed by atoms with Crippen LogP contribution in [0, 0.1) is 5.92 Å². The Morgan fingerprint density at radius 3 is 2.09 bits per heavy atom. The maximum atomic E-state index is 12.7. The first-order valence-corrected chi connectivity index (χ1v) is 10.6. The van der Waals surface area contributed by atoms with E-state index in [1.54, 1.807) is 26.0 Å². The molecule has 1 aromatic rings.